The normalized spacial score (nSPS) is 12.3. The zero-order valence-electron chi connectivity index (χ0n) is 20.0. The number of methoxy groups -OCH3 is 1. The van der Waals surface area contributed by atoms with Crippen LogP contribution in [0.1, 0.15) is 36.1 Å². The van der Waals surface area contributed by atoms with Gasteiger partial charge in [0.1, 0.15) is 5.75 Å². The maximum Gasteiger partial charge on any atom is 0.328 e. The van der Waals surface area contributed by atoms with Crippen molar-refractivity contribution in [3.63, 3.8) is 0 Å². The van der Waals surface area contributed by atoms with Gasteiger partial charge in [-0.15, -0.1) is 0 Å². The molecule has 0 bridgehead atoms. The number of aliphatic carboxylic acids is 2. The van der Waals surface area contributed by atoms with Crippen molar-refractivity contribution in [2.24, 2.45) is 0 Å². The smallest absolute Gasteiger partial charge is 0.328 e. The largest absolute Gasteiger partial charge is 0.545 e. The fraction of sp³-hybridized carbons (Fsp3) is 0.250. The van der Waals surface area contributed by atoms with E-state index < -0.39 is 11.9 Å². The summed E-state index contributed by atoms with van der Waals surface area (Å²) < 4.78 is 5.30. The van der Waals surface area contributed by atoms with E-state index in [1.807, 2.05) is 24.4 Å². The number of quaternary nitrogens is 1. The van der Waals surface area contributed by atoms with Gasteiger partial charge < -0.3 is 25.1 Å². The standard InChI is InChI=1S/C24H28N2O.C4H4O4/c1-19(18-20-8-4-3-5-9-20)25-17-15-23(24-10-6-7-16-26-24)21-11-13-22(27-2)14-12-21;5-3(6)1-2-4(7)8/h3-14,16,19,23,25H,15,17-18H2,1-2H3;1-2H,(H,5,6)(H,7,8)/b;2-1+. The van der Waals surface area contributed by atoms with Gasteiger partial charge in [0.25, 0.3) is 0 Å². The first kappa shape index (κ1) is 27.3. The second-order valence-electron chi connectivity index (χ2n) is 8.05. The number of carboxylic acids is 2. The van der Waals surface area contributed by atoms with E-state index in [0.29, 0.717) is 24.1 Å². The van der Waals surface area contributed by atoms with Crippen LogP contribution in [0.5, 0.6) is 5.75 Å². The Balaban J connectivity index is 0.000000466. The van der Waals surface area contributed by atoms with E-state index >= 15 is 0 Å². The van der Waals surface area contributed by atoms with Crippen molar-refractivity contribution in [2.75, 3.05) is 13.7 Å². The molecule has 0 saturated carbocycles. The highest BCUT2D eigenvalue weighted by Gasteiger charge is 2.17. The van der Waals surface area contributed by atoms with Gasteiger partial charge in [-0.2, -0.15) is 0 Å². The lowest BCUT2D eigenvalue weighted by molar-refractivity contribution is -0.686. The van der Waals surface area contributed by atoms with E-state index in [1.54, 1.807) is 7.11 Å². The molecule has 1 aromatic heterocycles. The number of carbonyl (C=O) groups is 2. The van der Waals surface area contributed by atoms with Crippen molar-refractivity contribution in [2.45, 2.75) is 31.7 Å². The molecular weight excluding hydrogens is 444 g/mol. The third kappa shape index (κ3) is 10.7. The van der Waals surface area contributed by atoms with Crippen LogP contribution in [0.4, 0.5) is 0 Å². The average Bonchev–Trinajstić information content (AvgIpc) is 2.87. The topological polar surface area (TPSA) is 116 Å². The molecule has 0 aliphatic rings. The number of aromatic nitrogens is 1. The Labute approximate surface area is 206 Å². The van der Waals surface area contributed by atoms with Gasteiger partial charge in [-0.05, 0) is 48.4 Å². The Hall–Kier alpha value is -3.97. The molecule has 3 N–H and O–H groups in total. The Morgan fingerprint density at radius 2 is 1.71 bits per heavy atom. The first-order valence-corrected chi connectivity index (χ1v) is 11.4. The van der Waals surface area contributed by atoms with Crippen LogP contribution in [-0.4, -0.2) is 41.7 Å². The van der Waals surface area contributed by atoms with Crippen LogP contribution in [0, 0.1) is 0 Å². The van der Waals surface area contributed by atoms with Crippen molar-refractivity contribution in [1.82, 2.24) is 4.98 Å². The number of carbonyl (C=O) groups excluding carboxylic acids is 1. The second kappa shape index (κ2) is 15.0. The first-order valence-electron chi connectivity index (χ1n) is 11.4. The van der Waals surface area contributed by atoms with E-state index in [9.17, 15) is 14.7 Å². The quantitative estimate of drug-likeness (QED) is 0.410. The Morgan fingerprint density at radius 3 is 2.26 bits per heavy atom. The molecule has 2 unspecified atom stereocenters. The predicted octanol–water partition coefficient (Wildman–Crippen LogP) is 2.18. The van der Waals surface area contributed by atoms with Gasteiger partial charge in [0.15, 0.2) is 0 Å². The van der Waals surface area contributed by atoms with Gasteiger partial charge in [-0.1, -0.05) is 48.5 Å². The minimum Gasteiger partial charge on any atom is -0.545 e. The summed E-state index contributed by atoms with van der Waals surface area (Å²) in [5.74, 6) is -1.61. The van der Waals surface area contributed by atoms with Gasteiger partial charge in [0.05, 0.1) is 25.7 Å². The highest BCUT2D eigenvalue weighted by atomic mass is 16.5. The first-order chi connectivity index (χ1) is 16.9. The molecule has 7 heteroatoms. The molecule has 184 valence electrons. The molecular formula is C28H32N2O5. The van der Waals surface area contributed by atoms with Crippen LogP contribution in [0.3, 0.4) is 0 Å². The predicted molar refractivity (Wildman–Crippen MR) is 132 cm³/mol. The minimum atomic E-state index is -1.51. The van der Waals surface area contributed by atoms with Crippen molar-refractivity contribution >= 4 is 11.9 Å². The lowest BCUT2D eigenvalue weighted by atomic mass is 9.91. The Morgan fingerprint density at radius 1 is 1.03 bits per heavy atom. The van der Waals surface area contributed by atoms with Gasteiger partial charge in [0, 0.05) is 36.7 Å². The summed E-state index contributed by atoms with van der Waals surface area (Å²) in [7, 11) is 1.70. The molecule has 0 amide bonds. The van der Waals surface area contributed by atoms with Crippen LogP contribution in [0.25, 0.3) is 0 Å². The highest BCUT2D eigenvalue weighted by Crippen LogP contribution is 2.27. The second-order valence-corrected chi connectivity index (χ2v) is 8.05. The molecule has 0 spiro atoms. The molecule has 0 radical (unpaired) electrons. The van der Waals surface area contributed by atoms with Gasteiger partial charge >= 0.3 is 5.97 Å². The number of benzene rings is 2. The SMILES string of the molecule is COc1ccc(C(CC[NH2+]C(C)Cc2ccccc2)c2ccccn2)cc1.O=C([O-])/C=C/C(=O)O. The number of carboxylic acid groups (broad SMARTS) is 2. The molecule has 0 aliphatic carbocycles. The van der Waals surface area contributed by atoms with Crippen LogP contribution < -0.4 is 15.2 Å². The lowest BCUT2D eigenvalue weighted by Gasteiger charge is -2.18. The number of ether oxygens (including phenoxy) is 1. The molecule has 7 nitrogen and oxygen atoms in total. The molecule has 0 saturated heterocycles. The summed E-state index contributed by atoms with van der Waals surface area (Å²) in [6.45, 7) is 3.37. The van der Waals surface area contributed by atoms with Gasteiger partial charge in [-0.3, -0.25) is 4.98 Å². The number of pyridine rings is 1. The zero-order chi connectivity index (χ0) is 25.5. The van der Waals surface area contributed by atoms with Crippen molar-refractivity contribution < 1.29 is 29.9 Å². The molecule has 2 aromatic carbocycles. The van der Waals surface area contributed by atoms with E-state index in [-0.39, 0.29) is 0 Å². The van der Waals surface area contributed by atoms with Crippen LogP contribution in [0.15, 0.2) is 91.1 Å². The van der Waals surface area contributed by atoms with Crippen LogP contribution in [0.2, 0.25) is 0 Å². The summed E-state index contributed by atoms with van der Waals surface area (Å²) in [6.07, 6.45) is 4.98. The third-order valence-corrected chi connectivity index (χ3v) is 5.35. The molecule has 35 heavy (non-hydrogen) atoms. The van der Waals surface area contributed by atoms with Crippen LogP contribution in [-0.2, 0) is 16.0 Å². The molecule has 1 heterocycles. The monoisotopic (exact) mass is 476 g/mol. The maximum absolute atomic E-state index is 9.53. The Kier molecular flexibility index (Phi) is 11.7. The number of nitrogens with zero attached hydrogens (tertiary/aromatic N) is 1. The molecule has 3 rings (SSSR count). The van der Waals surface area contributed by atoms with E-state index in [4.69, 9.17) is 9.84 Å². The van der Waals surface area contributed by atoms with Crippen molar-refractivity contribution in [1.29, 1.82) is 0 Å². The molecule has 2 atom stereocenters. The molecule has 3 aromatic rings. The summed E-state index contributed by atoms with van der Waals surface area (Å²) in [5, 5.41) is 19.7. The number of hydrogen-bond donors (Lipinski definition) is 2. The summed E-state index contributed by atoms with van der Waals surface area (Å²) in [4.78, 5) is 23.6. The number of hydrogen-bond acceptors (Lipinski definition) is 5. The summed E-state index contributed by atoms with van der Waals surface area (Å²) in [6, 6.07) is 25.8. The van der Waals surface area contributed by atoms with Crippen molar-refractivity contribution in [3.05, 3.63) is 108 Å². The number of rotatable bonds is 11. The average molecular weight is 477 g/mol. The van der Waals surface area contributed by atoms with E-state index in [0.717, 1.165) is 30.8 Å². The van der Waals surface area contributed by atoms with Gasteiger partial charge in [-0.25, -0.2) is 4.79 Å². The van der Waals surface area contributed by atoms with E-state index in [2.05, 4.69) is 71.8 Å². The van der Waals surface area contributed by atoms with E-state index in [1.165, 1.54) is 11.1 Å². The summed E-state index contributed by atoms with van der Waals surface area (Å²) in [5.41, 5.74) is 3.82. The van der Waals surface area contributed by atoms with Crippen LogP contribution >= 0.6 is 0 Å². The highest BCUT2D eigenvalue weighted by molar-refractivity contribution is 5.88. The summed E-state index contributed by atoms with van der Waals surface area (Å²) >= 11 is 0. The van der Waals surface area contributed by atoms with Gasteiger partial charge in [0.2, 0.25) is 0 Å². The molecule has 0 fully saturated rings. The fourth-order valence-electron chi connectivity index (χ4n) is 3.66. The Bertz CT molecular complexity index is 1040. The maximum atomic E-state index is 9.53. The fourth-order valence-corrected chi connectivity index (χ4v) is 3.66. The zero-order valence-corrected chi connectivity index (χ0v) is 20.0. The van der Waals surface area contributed by atoms with Crippen molar-refractivity contribution in [3.8, 4) is 5.75 Å². The minimum absolute atomic E-state index is 0.303. The third-order valence-electron chi connectivity index (χ3n) is 5.35. The lowest BCUT2D eigenvalue weighted by Crippen LogP contribution is -2.89. The number of nitrogens with two attached hydrogens (primary N) is 1. The molecule has 0 aliphatic heterocycles.